The second-order valence-electron chi connectivity index (χ2n) is 5.61. The number of aliphatic carboxylic acids is 1. The maximum atomic E-state index is 12.8. The van der Waals surface area contributed by atoms with E-state index in [1.54, 1.807) is 6.92 Å². The van der Waals surface area contributed by atoms with Gasteiger partial charge in [-0.1, -0.05) is 5.92 Å². The lowest BCUT2D eigenvalue weighted by atomic mass is 10.1. The Bertz CT molecular complexity index is 742. The number of carbonyl (C=O) groups excluding carboxylic acids is 1. The zero-order valence-corrected chi connectivity index (χ0v) is 15.9. The molecule has 6 nitrogen and oxygen atoms in total. The minimum atomic E-state index is -4.18. The van der Waals surface area contributed by atoms with Crippen LogP contribution in [-0.2, 0) is 14.6 Å². The van der Waals surface area contributed by atoms with Crippen molar-refractivity contribution in [1.29, 1.82) is 0 Å². The molecule has 0 aromatic heterocycles. The Balaban J connectivity index is 3.13. The number of sulfone groups is 1. The second kappa shape index (κ2) is 9.13. The summed E-state index contributed by atoms with van der Waals surface area (Å²) < 4.78 is 29.7. The van der Waals surface area contributed by atoms with Crippen molar-refractivity contribution in [3.05, 3.63) is 24.3 Å². The summed E-state index contributed by atoms with van der Waals surface area (Å²) in [4.78, 5) is 11.4. The van der Waals surface area contributed by atoms with Gasteiger partial charge in [0.15, 0.2) is 9.84 Å². The third-order valence-electron chi connectivity index (χ3n) is 3.36. The molecule has 0 aliphatic heterocycles. The van der Waals surface area contributed by atoms with E-state index >= 15 is 0 Å². The summed E-state index contributed by atoms with van der Waals surface area (Å²) in [6, 6.07) is 5.49. The van der Waals surface area contributed by atoms with Gasteiger partial charge in [-0.2, -0.15) is 11.8 Å². The molecule has 0 aliphatic carbocycles. The van der Waals surface area contributed by atoms with E-state index in [-0.39, 0.29) is 23.9 Å². The van der Waals surface area contributed by atoms with Gasteiger partial charge >= 0.3 is 0 Å². The Hall–Kier alpha value is -1.69. The molecule has 0 amide bonds. The number of aliphatic hydroxyl groups excluding tert-OH is 1. The fourth-order valence-corrected chi connectivity index (χ4v) is 5.46. The van der Waals surface area contributed by atoms with Crippen LogP contribution in [0.5, 0.6) is 5.75 Å². The highest BCUT2D eigenvalue weighted by Gasteiger charge is 2.41. The van der Waals surface area contributed by atoms with E-state index in [1.165, 1.54) is 38.1 Å². The van der Waals surface area contributed by atoms with Crippen molar-refractivity contribution in [2.75, 3.05) is 19.0 Å². The Morgan fingerprint density at radius 3 is 2.44 bits per heavy atom. The van der Waals surface area contributed by atoms with Crippen LogP contribution < -0.4 is 9.84 Å². The van der Waals surface area contributed by atoms with Crippen LogP contribution in [0.2, 0.25) is 0 Å². The van der Waals surface area contributed by atoms with Gasteiger partial charge in [-0.15, -0.1) is 5.92 Å². The first-order chi connectivity index (χ1) is 11.7. The first kappa shape index (κ1) is 21.4. The number of ether oxygens (including phenoxy) is 1. The van der Waals surface area contributed by atoms with E-state index < -0.39 is 25.8 Å². The Morgan fingerprint density at radius 1 is 1.36 bits per heavy atom. The number of hydrogen-bond donors (Lipinski definition) is 1. The van der Waals surface area contributed by atoms with Crippen LogP contribution in [-0.4, -0.2) is 48.5 Å². The molecule has 0 fully saturated rings. The molecule has 1 atom stereocenters. The van der Waals surface area contributed by atoms with Gasteiger partial charge in [0.25, 0.3) is 0 Å². The lowest BCUT2D eigenvalue weighted by Gasteiger charge is -2.34. The van der Waals surface area contributed by atoms with E-state index in [1.807, 2.05) is 0 Å². The quantitative estimate of drug-likeness (QED) is 0.617. The summed E-state index contributed by atoms with van der Waals surface area (Å²) in [6.07, 6.45) is 0. The molecular weight excluding hydrogens is 364 g/mol. The Kier molecular flexibility index (Phi) is 7.80. The highest BCUT2D eigenvalue weighted by atomic mass is 32.2. The van der Waals surface area contributed by atoms with Crippen molar-refractivity contribution < 1.29 is 28.2 Å². The van der Waals surface area contributed by atoms with Gasteiger partial charge in [-0.25, -0.2) is 8.42 Å². The average Bonchev–Trinajstić information content (AvgIpc) is 2.53. The first-order valence-corrected chi connectivity index (χ1v) is 10.0. The van der Waals surface area contributed by atoms with Gasteiger partial charge < -0.3 is 19.7 Å². The fourth-order valence-electron chi connectivity index (χ4n) is 2.22. The largest absolute Gasteiger partial charge is 0.549 e. The molecule has 1 N–H and O–H groups in total. The molecule has 1 rings (SSSR count). The predicted molar refractivity (Wildman–Crippen MR) is 95.0 cm³/mol. The second-order valence-corrected chi connectivity index (χ2v) is 9.39. The summed E-state index contributed by atoms with van der Waals surface area (Å²) >= 11 is 1.06. The van der Waals surface area contributed by atoms with Gasteiger partial charge in [0, 0.05) is 10.5 Å². The Morgan fingerprint density at radius 2 is 1.96 bits per heavy atom. The summed E-state index contributed by atoms with van der Waals surface area (Å²) in [6.45, 7) is 4.68. The van der Waals surface area contributed by atoms with Crippen LogP contribution in [0.1, 0.15) is 20.8 Å². The van der Waals surface area contributed by atoms with Gasteiger partial charge in [-0.3, -0.25) is 0 Å². The average molecular weight is 385 g/mol. The molecule has 25 heavy (non-hydrogen) atoms. The molecule has 0 saturated heterocycles. The molecule has 1 aromatic carbocycles. The van der Waals surface area contributed by atoms with E-state index in [4.69, 9.17) is 9.84 Å². The van der Waals surface area contributed by atoms with Gasteiger partial charge in [-0.05, 0) is 45.0 Å². The number of hydrogen-bond acceptors (Lipinski definition) is 7. The number of carboxylic acids is 1. The SMILES string of the molecule is CC#CCOc1ccc(S(=O)(=O)C(C(=O)[O-])C(C)(C)SCCO)cc1. The number of benzene rings is 1. The number of rotatable bonds is 9. The molecule has 0 saturated carbocycles. The van der Waals surface area contributed by atoms with Crippen LogP contribution in [0.15, 0.2) is 29.2 Å². The van der Waals surface area contributed by atoms with E-state index in [0.717, 1.165) is 11.8 Å². The van der Waals surface area contributed by atoms with Crippen LogP contribution in [0.3, 0.4) is 0 Å². The number of thioether (sulfide) groups is 1. The highest BCUT2D eigenvalue weighted by Crippen LogP contribution is 2.35. The number of aliphatic hydroxyl groups is 1. The van der Waals surface area contributed by atoms with E-state index in [9.17, 15) is 18.3 Å². The Labute approximate surface area is 152 Å². The van der Waals surface area contributed by atoms with Crippen molar-refractivity contribution >= 4 is 27.6 Å². The predicted octanol–water partition coefficient (Wildman–Crippen LogP) is 0.485. The van der Waals surface area contributed by atoms with Gasteiger partial charge in [0.05, 0.1) is 17.5 Å². The normalized spacial score (nSPS) is 12.8. The van der Waals surface area contributed by atoms with Crippen LogP contribution in [0.25, 0.3) is 0 Å². The van der Waals surface area contributed by atoms with Crippen LogP contribution >= 0.6 is 11.8 Å². The van der Waals surface area contributed by atoms with Crippen LogP contribution in [0.4, 0.5) is 0 Å². The van der Waals surface area contributed by atoms with E-state index in [2.05, 4.69) is 11.8 Å². The molecule has 0 heterocycles. The van der Waals surface area contributed by atoms with Crippen molar-refractivity contribution in [2.45, 2.75) is 35.7 Å². The minimum Gasteiger partial charge on any atom is -0.549 e. The zero-order valence-electron chi connectivity index (χ0n) is 14.3. The topological polar surface area (TPSA) is 104 Å². The maximum Gasteiger partial charge on any atom is 0.187 e. The number of carboxylic acid groups (broad SMARTS) is 1. The lowest BCUT2D eigenvalue weighted by molar-refractivity contribution is -0.305. The smallest absolute Gasteiger partial charge is 0.187 e. The van der Waals surface area contributed by atoms with Crippen molar-refractivity contribution in [3.63, 3.8) is 0 Å². The molecule has 0 bridgehead atoms. The molecule has 0 spiro atoms. The molecule has 8 heteroatoms. The third kappa shape index (κ3) is 5.66. The molecule has 1 aromatic rings. The molecule has 1 unspecified atom stereocenters. The molecule has 0 aliphatic rings. The fraction of sp³-hybridized carbons (Fsp3) is 0.471. The minimum absolute atomic E-state index is 0.131. The van der Waals surface area contributed by atoms with Crippen molar-refractivity contribution in [1.82, 2.24) is 0 Å². The van der Waals surface area contributed by atoms with Crippen LogP contribution in [0, 0.1) is 11.8 Å². The molecule has 138 valence electrons. The maximum absolute atomic E-state index is 12.8. The summed E-state index contributed by atoms with van der Waals surface area (Å²) in [7, 11) is -4.18. The van der Waals surface area contributed by atoms with Crippen molar-refractivity contribution in [2.24, 2.45) is 0 Å². The van der Waals surface area contributed by atoms with Gasteiger partial charge in [0.1, 0.15) is 17.6 Å². The lowest BCUT2D eigenvalue weighted by Crippen LogP contribution is -2.52. The monoisotopic (exact) mass is 385 g/mol. The highest BCUT2D eigenvalue weighted by molar-refractivity contribution is 8.02. The number of carbonyl (C=O) groups is 1. The van der Waals surface area contributed by atoms with Gasteiger partial charge in [0.2, 0.25) is 0 Å². The third-order valence-corrected chi connectivity index (χ3v) is 7.21. The summed E-state index contributed by atoms with van der Waals surface area (Å²) in [5.74, 6) is 4.36. The zero-order chi connectivity index (χ0) is 19.1. The van der Waals surface area contributed by atoms with Crippen molar-refractivity contribution in [3.8, 4) is 17.6 Å². The summed E-state index contributed by atoms with van der Waals surface area (Å²) in [5.41, 5.74) is 0. The molecular formula is C17H21O6S2-. The standard InChI is InChI=1S/C17H22O6S2/c1-4-5-11-23-13-6-8-14(9-7-13)25(21,22)15(16(19)20)17(2,3)24-12-10-18/h6-9,15,18H,10-12H2,1-3H3,(H,19,20)/p-1. The first-order valence-electron chi connectivity index (χ1n) is 7.49. The summed E-state index contributed by atoms with van der Waals surface area (Å²) in [5, 5.41) is 18.7. The van der Waals surface area contributed by atoms with E-state index in [0.29, 0.717) is 5.75 Å². The molecule has 0 radical (unpaired) electrons.